The van der Waals surface area contributed by atoms with Gasteiger partial charge in [0, 0.05) is 29.7 Å². The highest BCUT2D eigenvalue weighted by molar-refractivity contribution is 6.35. The molecule has 0 N–H and O–H groups in total. The fraction of sp³-hybridized carbons (Fsp3) is 0.522. The largest absolute Gasteiger partial charge is 0.355 e. The lowest BCUT2D eigenvalue weighted by molar-refractivity contribution is 0.140. The predicted molar refractivity (Wildman–Crippen MR) is 126 cm³/mol. The molecule has 31 heavy (non-hydrogen) atoms. The fourth-order valence-corrected chi connectivity index (χ4v) is 5.59. The summed E-state index contributed by atoms with van der Waals surface area (Å²) in [7, 11) is 2.24. The predicted octanol–water partition coefficient (Wildman–Crippen LogP) is 4.83. The van der Waals surface area contributed by atoms with E-state index < -0.39 is 0 Å². The second-order valence-electron chi connectivity index (χ2n) is 9.10. The molecule has 6 nitrogen and oxygen atoms in total. The van der Waals surface area contributed by atoms with E-state index in [2.05, 4.69) is 23.8 Å². The standard InChI is InChI=1S/C23H28Cl2N6/c1-14-22-23(31(28-14)15(2)19-7-6-18(24)9-20(19)25)27-21(10-26-22)30-12-17(13-30)16-5-4-8-29(3)11-16/h6-7,9-10,15-17H,4-5,8,11-13H2,1-3H3/t15-,16+/m1/s1. The fourth-order valence-electron chi connectivity index (χ4n) is 5.03. The van der Waals surface area contributed by atoms with Crippen LogP contribution in [0.25, 0.3) is 11.2 Å². The van der Waals surface area contributed by atoms with Gasteiger partial charge in [-0.15, -0.1) is 0 Å². The number of piperidine rings is 1. The first-order valence-corrected chi connectivity index (χ1v) is 11.8. The Labute approximate surface area is 193 Å². The molecule has 2 aliphatic heterocycles. The van der Waals surface area contributed by atoms with Crippen molar-refractivity contribution in [2.45, 2.75) is 32.7 Å². The van der Waals surface area contributed by atoms with Crippen LogP contribution in [0.5, 0.6) is 0 Å². The van der Waals surface area contributed by atoms with Crippen molar-refractivity contribution >= 4 is 40.2 Å². The number of halogens is 2. The maximum Gasteiger partial charge on any atom is 0.179 e. The van der Waals surface area contributed by atoms with Crippen molar-refractivity contribution in [1.82, 2.24) is 24.6 Å². The Bertz CT molecular complexity index is 1110. The van der Waals surface area contributed by atoms with Crippen LogP contribution in [0, 0.1) is 18.8 Å². The van der Waals surface area contributed by atoms with Crippen LogP contribution in [0.1, 0.15) is 37.1 Å². The molecule has 0 amide bonds. The molecule has 3 aromatic rings. The molecule has 2 fully saturated rings. The zero-order valence-corrected chi connectivity index (χ0v) is 19.7. The summed E-state index contributed by atoms with van der Waals surface area (Å²) in [6.45, 7) is 8.62. The first kappa shape index (κ1) is 21.0. The second-order valence-corrected chi connectivity index (χ2v) is 9.95. The normalized spacial score (nSPS) is 21.5. The van der Waals surface area contributed by atoms with Crippen molar-refractivity contribution in [3.63, 3.8) is 0 Å². The van der Waals surface area contributed by atoms with Gasteiger partial charge >= 0.3 is 0 Å². The van der Waals surface area contributed by atoms with E-state index in [1.165, 1.54) is 25.9 Å². The van der Waals surface area contributed by atoms with E-state index in [4.69, 9.17) is 38.3 Å². The molecule has 0 spiro atoms. The number of hydrogen-bond acceptors (Lipinski definition) is 5. The van der Waals surface area contributed by atoms with Crippen molar-refractivity contribution in [3.05, 3.63) is 45.7 Å². The third-order valence-electron chi connectivity index (χ3n) is 6.90. The second kappa shape index (κ2) is 8.23. The molecule has 2 aromatic heterocycles. The lowest BCUT2D eigenvalue weighted by Gasteiger charge is -2.46. The van der Waals surface area contributed by atoms with Gasteiger partial charge in [0.2, 0.25) is 0 Å². The summed E-state index contributed by atoms with van der Waals surface area (Å²) in [5.74, 6) is 2.48. The zero-order valence-electron chi connectivity index (χ0n) is 18.2. The number of fused-ring (bicyclic) bond motifs is 1. The minimum atomic E-state index is -0.0765. The van der Waals surface area contributed by atoms with Gasteiger partial charge in [-0.05, 0) is 69.8 Å². The van der Waals surface area contributed by atoms with E-state index in [0.29, 0.717) is 10.0 Å². The van der Waals surface area contributed by atoms with Gasteiger partial charge in [-0.25, -0.2) is 14.6 Å². The Morgan fingerprint density at radius 2 is 1.94 bits per heavy atom. The number of aryl methyl sites for hydroxylation is 1. The molecule has 2 atom stereocenters. The Kier molecular flexibility index (Phi) is 5.57. The minimum Gasteiger partial charge on any atom is -0.355 e. The van der Waals surface area contributed by atoms with Gasteiger partial charge in [0.15, 0.2) is 5.65 Å². The Balaban J connectivity index is 1.40. The molecule has 8 heteroatoms. The maximum absolute atomic E-state index is 6.47. The molecule has 2 aliphatic rings. The Morgan fingerprint density at radius 1 is 1.13 bits per heavy atom. The molecule has 0 bridgehead atoms. The summed E-state index contributed by atoms with van der Waals surface area (Å²) in [5.41, 5.74) is 3.48. The first-order chi connectivity index (χ1) is 14.9. The van der Waals surface area contributed by atoms with Crippen molar-refractivity contribution in [2.75, 3.05) is 38.1 Å². The lowest BCUT2D eigenvalue weighted by atomic mass is 9.81. The third kappa shape index (κ3) is 3.90. The zero-order chi connectivity index (χ0) is 21.7. The molecule has 4 heterocycles. The van der Waals surface area contributed by atoms with Gasteiger partial charge in [-0.3, -0.25) is 0 Å². The Hall–Kier alpha value is -1.89. The first-order valence-electron chi connectivity index (χ1n) is 11.0. The van der Waals surface area contributed by atoms with Crippen LogP contribution in [0.2, 0.25) is 10.0 Å². The van der Waals surface area contributed by atoms with Crippen LogP contribution in [0.15, 0.2) is 24.4 Å². The number of anilines is 1. The summed E-state index contributed by atoms with van der Waals surface area (Å²) in [6, 6.07) is 5.51. The van der Waals surface area contributed by atoms with Crippen LogP contribution in [-0.4, -0.2) is 57.9 Å². The highest BCUT2D eigenvalue weighted by atomic mass is 35.5. The van der Waals surface area contributed by atoms with Gasteiger partial charge < -0.3 is 9.80 Å². The van der Waals surface area contributed by atoms with E-state index >= 15 is 0 Å². The number of likely N-dealkylation sites (tertiary alicyclic amines) is 1. The number of benzene rings is 1. The van der Waals surface area contributed by atoms with E-state index in [9.17, 15) is 0 Å². The molecular weight excluding hydrogens is 431 g/mol. The van der Waals surface area contributed by atoms with Crippen LogP contribution in [0.3, 0.4) is 0 Å². The number of rotatable bonds is 4. The molecule has 0 unspecified atom stereocenters. The lowest BCUT2D eigenvalue weighted by Crippen LogP contribution is -2.53. The summed E-state index contributed by atoms with van der Waals surface area (Å²) in [4.78, 5) is 14.5. The van der Waals surface area contributed by atoms with Crippen LogP contribution >= 0.6 is 23.2 Å². The van der Waals surface area contributed by atoms with Gasteiger partial charge in [0.25, 0.3) is 0 Å². The van der Waals surface area contributed by atoms with Gasteiger partial charge in [-0.1, -0.05) is 29.3 Å². The topological polar surface area (TPSA) is 50.1 Å². The monoisotopic (exact) mass is 458 g/mol. The van der Waals surface area contributed by atoms with E-state index in [0.717, 1.165) is 53.2 Å². The molecule has 2 saturated heterocycles. The Morgan fingerprint density at radius 3 is 2.68 bits per heavy atom. The van der Waals surface area contributed by atoms with Crippen LogP contribution < -0.4 is 4.90 Å². The number of aromatic nitrogens is 4. The molecule has 164 valence electrons. The molecule has 5 rings (SSSR count). The smallest absolute Gasteiger partial charge is 0.179 e. The average Bonchev–Trinajstić information content (AvgIpc) is 3.03. The van der Waals surface area contributed by atoms with E-state index in [1.54, 1.807) is 6.07 Å². The molecule has 0 aliphatic carbocycles. The van der Waals surface area contributed by atoms with Crippen LogP contribution in [-0.2, 0) is 0 Å². The highest BCUT2D eigenvalue weighted by Gasteiger charge is 2.36. The van der Waals surface area contributed by atoms with E-state index in [-0.39, 0.29) is 6.04 Å². The SMILES string of the molecule is Cc1nn([C@H](C)c2ccc(Cl)cc2Cl)c2nc(N3CC([C@H]4CCCN(C)C4)C3)cnc12. The van der Waals surface area contributed by atoms with Gasteiger partial charge in [0.1, 0.15) is 11.3 Å². The van der Waals surface area contributed by atoms with Crippen molar-refractivity contribution in [3.8, 4) is 0 Å². The van der Waals surface area contributed by atoms with Gasteiger partial charge in [0.05, 0.1) is 17.9 Å². The van der Waals surface area contributed by atoms with E-state index in [1.807, 2.05) is 29.9 Å². The summed E-state index contributed by atoms with van der Waals surface area (Å²) < 4.78 is 1.93. The molecule has 0 saturated carbocycles. The molecular formula is C23H28Cl2N6. The van der Waals surface area contributed by atoms with Crippen molar-refractivity contribution < 1.29 is 0 Å². The molecule has 0 radical (unpaired) electrons. The van der Waals surface area contributed by atoms with Crippen LogP contribution in [0.4, 0.5) is 5.82 Å². The van der Waals surface area contributed by atoms with Gasteiger partial charge in [-0.2, -0.15) is 5.10 Å². The summed E-state index contributed by atoms with van der Waals surface area (Å²) >= 11 is 12.6. The highest BCUT2D eigenvalue weighted by Crippen LogP contribution is 2.34. The summed E-state index contributed by atoms with van der Waals surface area (Å²) in [6.07, 6.45) is 4.55. The van der Waals surface area contributed by atoms with Crippen molar-refractivity contribution in [1.29, 1.82) is 0 Å². The maximum atomic E-state index is 6.47. The number of hydrogen-bond donors (Lipinski definition) is 0. The number of nitrogens with zero attached hydrogens (tertiary/aromatic N) is 6. The summed E-state index contributed by atoms with van der Waals surface area (Å²) in [5, 5.41) is 6.01. The molecule has 1 aromatic carbocycles. The third-order valence-corrected chi connectivity index (χ3v) is 7.46. The average molecular weight is 459 g/mol. The quantitative estimate of drug-likeness (QED) is 0.560. The van der Waals surface area contributed by atoms with Crippen molar-refractivity contribution in [2.24, 2.45) is 11.8 Å². The minimum absolute atomic E-state index is 0.0765.